The molecule has 8 heteroatoms. The van der Waals surface area contributed by atoms with Crippen molar-refractivity contribution in [3.05, 3.63) is 52.6 Å². The lowest BCUT2D eigenvalue weighted by Crippen LogP contribution is -2.14. The number of nitrogens with zero attached hydrogens (tertiary/aromatic N) is 4. The van der Waals surface area contributed by atoms with Crippen molar-refractivity contribution in [2.24, 2.45) is 5.73 Å². The maximum atomic E-state index is 12.1. The van der Waals surface area contributed by atoms with Crippen molar-refractivity contribution in [2.75, 3.05) is 5.73 Å². The van der Waals surface area contributed by atoms with Gasteiger partial charge in [0.05, 0.1) is 28.4 Å². The molecule has 2 aromatic carbocycles. The molecule has 2 aromatic heterocycles. The van der Waals surface area contributed by atoms with E-state index in [0.29, 0.717) is 33.5 Å². The second-order valence-corrected chi connectivity index (χ2v) is 6.55. The Morgan fingerprint density at radius 1 is 1.18 bits per heavy atom. The van der Waals surface area contributed by atoms with Crippen LogP contribution in [-0.2, 0) is 0 Å². The van der Waals surface area contributed by atoms with Crippen molar-refractivity contribution >= 4 is 33.9 Å². The van der Waals surface area contributed by atoms with Crippen LogP contribution in [0.4, 0.5) is 5.82 Å². The molecule has 2 heterocycles. The van der Waals surface area contributed by atoms with Gasteiger partial charge >= 0.3 is 0 Å². The van der Waals surface area contributed by atoms with Gasteiger partial charge in [0.15, 0.2) is 5.65 Å². The van der Waals surface area contributed by atoms with E-state index in [4.69, 9.17) is 16.7 Å². The summed E-state index contributed by atoms with van der Waals surface area (Å²) in [6.45, 7) is 3.62. The monoisotopic (exact) mass is 372 g/mol. The van der Waals surface area contributed by atoms with E-state index in [1.807, 2.05) is 6.92 Å². The fourth-order valence-corrected chi connectivity index (χ4v) is 3.42. The summed E-state index contributed by atoms with van der Waals surface area (Å²) in [7, 11) is 0. The number of anilines is 1. The predicted molar refractivity (Wildman–Crippen MR) is 105 cm³/mol. The standard InChI is InChI=1S/C20H16N6O2/c1-9-3-6-14(27)10(2)17(9)26-18(22)15(19(23)28)16-20(26)25-12-5-4-11(8-21)7-13(12)24-16/h3-7,27H,22H2,1-2H3,(H2,23,28). The summed E-state index contributed by atoms with van der Waals surface area (Å²) in [5.41, 5.74) is 16.0. The molecule has 0 saturated heterocycles. The molecule has 0 radical (unpaired) electrons. The first-order valence-electron chi connectivity index (χ1n) is 8.44. The quantitative estimate of drug-likeness (QED) is 0.493. The largest absolute Gasteiger partial charge is 0.508 e. The molecule has 138 valence electrons. The number of aryl methyl sites for hydroxylation is 1. The van der Waals surface area contributed by atoms with E-state index >= 15 is 0 Å². The number of phenolic OH excluding ortho intramolecular Hbond substituents is 1. The van der Waals surface area contributed by atoms with Crippen LogP contribution in [0.25, 0.3) is 27.9 Å². The zero-order chi connectivity index (χ0) is 20.2. The number of nitrogen functional groups attached to an aromatic ring is 1. The van der Waals surface area contributed by atoms with E-state index in [-0.39, 0.29) is 22.6 Å². The highest BCUT2D eigenvalue weighted by molar-refractivity contribution is 6.10. The number of nitrogens with two attached hydrogens (primary N) is 2. The lowest BCUT2D eigenvalue weighted by atomic mass is 10.1. The third kappa shape index (κ3) is 2.34. The van der Waals surface area contributed by atoms with Crippen LogP contribution in [0.15, 0.2) is 30.3 Å². The minimum Gasteiger partial charge on any atom is -0.508 e. The van der Waals surface area contributed by atoms with Gasteiger partial charge in [0.1, 0.15) is 22.6 Å². The fraction of sp³-hybridized carbons (Fsp3) is 0.100. The number of rotatable bonds is 2. The molecule has 0 aliphatic carbocycles. The Kier molecular flexibility index (Phi) is 3.68. The lowest BCUT2D eigenvalue weighted by molar-refractivity contribution is 0.100. The summed E-state index contributed by atoms with van der Waals surface area (Å²) in [6.07, 6.45) is 0. The summed E-state index contributed by atoms with van der Waals surface area (Å²) >= 11 is 0. The van der Waals surface area contributed by atoms with Crippen molar-refractivity contribution in [2.45, 2.75) is 13.8 Å². The first-order valence-corrected chi connectivity index (χ1v) is 8.44. The highest BCUT2D eigenvalue weighted by Crippen LogP contribution is 2.35. The number of aromatic nitrogens is 3. The average Bonchev–Trinajstić information content (AvgIpc) is 2.94. The molecular formula is C20H16N6O2. The minimum atomic E-state index is -0.734. The molecule has 4 rings (SSSR count). The van der Waals surface area contributed by atoms with Gasteiger partial charge in [-0.15, -0.1) is 0 Å². The Hall–Kier alpha value is -4.12. The molecule has 5 N–H and O–H groups in total. The van der Waals surface area contributed by atoms with Crippen molar-refractivity contribution in [1.82, 2.24) is 14.5 Å². The number of carbonyl (C=O) groups excluding carboxylic acids is 1. The number of aromatic hydroxyl groups is 1. The van der Waals surface area contributed by atoms with Crippen molar-refractivity contribution in [1.29, 1.82) is 5.26 Å². The molecule has 0 spiro atoms. The van der Waals surface area contributed by atoms with Gasteiger partial charge in [-0.1, -0.05) is 6.07 Å². The van der Waals surface area contributed by atoms with Gasteiger partial charge < -0.3 is 16.6 Å². The Bertz CT molecular complexity index is 1350. The molecule has 28 heavy (non-hydrogen) atoms. The van der Waals surface area contributed by atoms with Gasteiger partial charge in [0.2, 0.25) is 0 Å². The highest BCUT2D eigenvalue weighted by atomic mass is 16.3. The number of primary amides is 1. The molecule has 0 aliphatic rings. The van der Waals surface area contributed by atoms with Gasteiger partial charge in [-0.25, -0.2) is 9.97 Å². The highest BCUT2D eigenvalue weighted by Gasteiger charge is 2.25. The third-order valence-electron chi connectivity index (χ3n) is 4.79. The maximum Gasteiger partial charge on any atom is 0.254 e. The molecule has 1 amide bonds. The Morgan fingerprint density at radius 3 is 2.61 bits per heavy atom. The molecular weight excluding hydrogens is 356 g/mol. The van der Waals surface area contributed by atoms with Crippen LogP contribution >= 0.6 is 0 Å². The van der Waals surface area contributed by atoms with Crippen molar-refractivity contribution in [3.63, 3.8) is 0 Å². The van der Waals surface area contributed by atoms with Crippen LogP contribution in [0.1, 0.15) is 27.0 Å². The number of benzene rings is 2. The molecule has 0 saturated carbocycles. The molecule has 0 unspecified atom stereocenters. The second kappa shape index (κ2) is 5.96. The van der Waals surface area contributed by atoms with Gasteiger partial charge in [-0.3, -0.25) is 9.36 Å². The van der Waals surface area contributed by atoms with E-state index in [9.17, 15) is 9.90 Å². The number of hydrogen-bond acceptors (Lipinski definition) is 6. The van der Waals surface area contributed by atoms with E-state index in [2.05, 4.69) is 16.0 Å². The molecule has 8 nitrogen and oxygen atoms in total. The van der Waals surface area contributed by atoms with E-state index < -0.39 is 5.91 Å². The van der Waals surface area contributed by atoms with Crippen LogP contribution < -0.4 is 11.5 Å². The second-order valence-electron chi connectivity index (χ2n) is 6.55. The lowest BCUT2D eigenvalue weighted by Gasteiger charge is -2.15. The Morgan fingerprint density at radius 2 is 1.93 bits per heavy atom. The number of phenols is 1. The topological polar surface area (TPSA) is 144 Å². The van der Waals surface area contributed by atoms with Crippen molar-refractivity contribution < 1.29 is 9.90 Å². The Labute approximate surface area is 159 Å². The zero-order valence-electron chi connectivity index (χ0n) is 15.2. The van der Waals surface area contributed by atoms with Gasteiger partial charge in [-0.05, 0) is 43.7 Å². The number of amides is 1. The first kappa shape index (κ1) is 17.3. The first-order chi connectivity index (χ1) is 13.3. The van der Waals surface area contributed by atoms with Crippen LogP contribution in [0, 0.1) is 25.2 Å². The number of fused-ring (bicyclic) bond motifs is 2. The average molecular weight is 372 g/mol. The van der Waals surface area contributed by atoms with Crippen LogP contribution in [0.3, 0.4) is 0 Å². The Balaban J connectivity index is 2.21. The summed E-state index contributed by atoms with van der Waals surface area (Å²) in [5.74, 6) is -0.549. The SMILES string of the molecule is Cc1ccc(O)c(C)c1-n1c(N)c(C(N)=O)c2nc3cc(C#N)ccc3nc21. The van der Waals surface area contributed by atoms with E-state index in [1.165, 1.54) is 0 Å². The summed E-state index contributed by atoms with van der Waals surface area (Å²) in [5, 5.41) is 19.3. The smallest absolute Gasteiger partial charge is 0.254 e. The normalized spacial score (nSPS) is 11.0. The predicted octanol–water partition coefficient (Wildman–Crippen LogP) is 2.45. The third-order valence-corrected chi connectivity index (χ3v) is 4.79. The number of hydrogen-bond donors (Lipinski definition) is 3. The molecule has 0 atom stereocenters. The molecule has 0 aliphatic heterocycles. The summed E-state index contributed by atoms with van der Waals surface area (Å²) in [4.78, 5) is 21.3. The van der Waals surface area contributed by atoms with E-state index in [0.717, 1.165) is 5.56 Å². The molecule has 0 fully saturated rings. The van der Waals surface area contributed by atoms with Crippen LogP contribution in [-0.4, -0.2) is 25.5 Å². The minimum absolute atomic E-state index is 0.0499. The summed E-state index contributed by atoms with van der Waals surface area (Å²) < 4.78 is 1.59. The maximum absolute atomic E-state index is 12.1. The number of carbonyl (C=O) groups is 1. The fourth-order valence-electron chi connectivity index (χ4n) is 3.42. The molecule has 4 aromatic rings. The molecule has 0 bridgehead atoms. The van der Waals surface area contributed by atoms with Crippen LogP contribution in [0.5, 0.6) is 5.75 Å². The van der Waals surface area contributed by atoms with Gasteiger partial charge in [0, 0.05) is 5.56 Å². The summed E-state index contributed by atoms with van der Waals surface area (Å²) in [6, 6.07) is 10.3. The van der Waals surface area contributed by atoms with Crippen LogP contribution in [0.2, 0.25) is 0 Å². The van der Waals surface area contributed by atoms with Gasteiger partial charge in [-0.2, -0.15) is 5.26 Å². The van der Waals surface area contributed by atoms with E-state index in [1.54, 1.807) is 41.8 Å². The number of nitriles is 1. The van der Waals surface area contributed by atoms with Gasteiger partial charge in [0.25, 0.3) is 5.91 Å². The van der Waals surface area contributed by atoms with Crippen molar-refractivity contribution in [3.8, 4) is 17.5 Å². The zero-order valence-corrected chi connectivity index (χ0v) is 15.2.